The zero-order valence-corrected chi connectivity index (χ0v) is 10.5. The first-order chi connectivity index (χ1) is 8.88. The number of nitro benzene ring substituents is 1. The Kier molecular flexibility index (Phi) is 4.53. The van der Waals surface area contributed by atoms with Crippen LogP contribution in [0.3, 0.4) is 0 Å². The second kappa shape index (κ2) is 5.91. The van der Waals surface area contributed by atoms with E-state index in [-0.39, 0.29) is 18.0 Å². The number of hydrogen-bond acceptors (Lipinski definition) is 4. The molecule has 0 bridgehead atoms. The monoisotopic (exact) mass is 265 g/mol. The Balaban J connectivity index is 3.13. The highest BCUT2D eigenvalue weighted by Gasteiger charge is 2.25. The molecule has 0 aliphatic carbocycles. The Bertz CT molecular complexity index is 554. The minimum atomic E-state index is -0.806. The van der Waals surface area contributed by atoms with Crippen molar-refractivity contribution in [2.75, 3.05) is 7.05 Å². The van der Waals surface area contributed by atoms with E-state index >= 15 is 0 Å². The van der Waals surface area contributed by atoms with Gasteiger partial charge >= 0.3 is 0 Å². The number of nitrogens with zero attached hydrogens (tertiary/aromatic N) is 3. The minimum Gasteiger partial charge on any atom is -0.338 e. The van der Waals surface area contributed by atoms with Crippen LogP contribution in [-0.2, 0) is 0 Å². The summed E-state index contributed by atoms with van der Waals surface area (Å²) in [4.78, 5) is 23.3. The van der Waals surface area contributed by atoms with Crippen molar-refractivity contribution >= 4 is 11.6 Å². The number of rotatable bonds is 4. The molecule has 1 aromatic rings. The molecule has 0 aliphatic rings. The lowest BCUT2D eigenvalue weighted by atomic mass is 10.1. The van der Waals surface area contributed by atoms with Gasteiger partial charge < -0.3 is 4.90 Å². The molecule has 0 saturated carbocycles. The molecule has 1 atom stereocenters. The molecular weight excluding hydrogens is 253 g/mol. The molecule has 0 aliphatic heterocycles. The fraction of sp³-hybridized carbons (Fsp3) is 0.333. The van der Waals surface area contributed by atoms with Gasteiger partial charge in [-0.15, -0.1) is 0 Å². The molecule has 0 fully saturated rings. The molecule has 0 N–H and O–H groups in total. The molecule has 0 spiro atoms. The van der Waals surface area contributed by atoms with Gasteiger partial charge in [0.1, 0.15) is 11.4 Å². The molecule has 7 heteroatoms. The van der Waals surface area contributed by atoms with Gasteiger partial charge in [0.15, 0.2) is 0 Å². The smallest absolute Gasteiger partial charge is 0.285 e. The third-order valence-electron chi connectivity index (χ3n) is 2.76. The van der Waals surface area contributed by atoms with Crippen LogP contribution in [0.15, 0.2) is 18.2 Å². The summed E-state index contributed by atoms with van der Waals surface area (Å²) in [5.41, 5.74) is -0.778. The average Bonchev–Trinajstić information content (AvgIpc) is 2.37. The van der Waals surface area contributed by atoms with Gasteiger partial charge in [-0.1, -0.05) is 0 Å². The summed E-state index contributed by atoms with van der Waals surface area (Å²) in [5.74, 6) is -1.40. The summed E-state index contributed by atoms with van der Waals surface area (Å²) in [5, 5.41) is 19.4. The third kappa shape index (κ3) is 3.25. The van der Waals surface area contributed by atoms with Gasteiger partial charge in [-0.25, -0.2) is 4.39 Å². The Morgan fingerprint density at radius 2 is 2.26 bits per heavy atom. The Hall–Kier alpha value is -2.49. The molecule has 1 amide bonds. The summed E-state index contributed by atoms with van der Waals surface area (Å²) in [6.07, 6.45) is 0.108. The third-order valence-corrected chi connectivity index (χ3v) is 2.76. The Labute approximate surface area is 109 Å². The number of carbonyl (C=O) groups is 1. The highest BCUT2D eigenvalue weighted by molar-refractivity contribution is 5.98. The number of nitro groups is 1. The fourth-order valence-corrected chi connectivity index (χ4v) is 1.50. The number of halogens is 1. The van der Waals surface area contributed by atoms with Gasteiger partial charge in [0.05, 0.1) is 23.5 Å². The van der Waals surface area contributed by atoms with Crippen molar-refractivity contribution in [1.29, 1.82) is 5.26 Å². The van der Waals surface area contributed by atoms with Crippen LogP contribution in [-0.4, -0.2) is 28.8 Å². The second-order valence-corrected chi connectivity index (χ2v) is 4.05. The van der Waals surface area contributed by atoms with Crippen molar-refractivity contribution in [2.24, 2.45) is 0 Å². The first kappa shape index (κ1) is 14.6. The van der Waals surface area contributed by atoms with Crippen LogP contribution in [0.2, 0.25) is 0 Å². The van der Waals surface area contributed by atoms with Crippen molar-refractivity contribution in [3.8, 4) is 6.07 Å². The van der Waals surface area contributed by atoms with E-state index in [0.29, 0.717) is 6.07 Å². The molecule has 6 nitrogen and oxygen atoms in total. The van der Waals surface area contributed by atoms with Crippen molar-refractivity contribution < 1.29 is 14.1 Å². The molecule has 0 heterocycles. The van der Waals surface area contributed by atoms with Crippen LogP contribution in [0.5, 0.6) is 0 Å². The fourth-order valence-electron chi connectivity index (χ4n) is 1.50. The lowest BCUT2D eigenvalue weighted by Crippen LogP contribution is -2.35. The van der Waals surface area contributed by atoms with E-state index < -0.39 is 22.3 Å². The molecular formula is C12H12FN3O3. The van der Waals surface area contributed by atoms with Crippen LogP contribution in [0, 0.1) is 27.3 Å². The van der Waals surface area contributed by atoms with Gasteiger partial charge in [0.25, 0.3) is 11.6 Å². The van der Waals surface area contributed by atoms with Gasteiger partial charge in [-0.05, 0) is 19.1 Å². The minimum absolute atomic E-state index is 0.108. The number of nitriles is 1. The van der Waals surface area contributed by atoms with Crippen molar-refractivity contribution in [3.63, 3.8) is 0 Å². The predicted octanol–water partition coefficient (Wildman–Crippen LogP) is 2.11. The average molecular weight is 265 g/mol. The molecule has 0 aromatic heterocycles. The summed E-state index contributed by atoms with van der Waals surface area (Å²) < 4.78 is 13.0. The highest BCUT2D eigenvalue weighted by atomic mass is 19.1. The maximum Gasteiger partial charge on any atom is 0.285 e. The first-order valence-corrected chi connectivity index (χ1v) is 5.46. The summed E-state index contributed by atoms with van der Waals surface area (Å²) in [7, 11) is 1.44. The lowest BCUT2D eigenvalue weighted by Gasteiger charge is -2.22. The van der Waals surface area contributed by atoms with E-state index in [1.54, 1.807) is 6.92 Å². The normalized spacial score (nSPS) is 11.5. The van der Waals surface area contributed by atoms with Crippen LogP contribution in [0.25, 0.3) is 0 Å². The van der Waals surface area contributed by atoms with Gasteiger partial charge in [0, 0.05) is 13.1 Å². The van der Waals surface area contributed by atoms with Gasteiger partial charge in [0.2, 0.25) is 0 Å². The van der Waals surface area contributed by atoms with Crippen LogP contribution < -0.4 is 0 Å². The molecule has 0 radical (unpaired) electrons. The summed E-state index contributed by atoms with van der Waals surface area (Å²) in [6, 6.07) is 4.29. The molecule has 19 heavy (non-hydrogen) atoms. The largest absolute Gasteiger partial charge is 0.338 e. The Morgan fingerprint density at radius 3 is 2.79 bits per heavy atom. The van der Waals surface area contributed by atoms with E-state index in [2.05, 4.69) is 0 Å². The van der Waals surface area contributed by atoms with Gasteiger partial charge in [-0.3, -0.25) is 14.9 Å². The molecule has 0 saturated heterocycles. The Morgan fingerprint density at radius 1 is 1.63 bits per heavy atom. The van der Waals surface area contributed by atoms with E-state index in [1.165, 1.54) is 11.9 Å². The SMILES string of the molecule is CC(CC#N)N(C)C(=O)c1ccc(F)cc1[N+](=O)[O-]. The van der Waals surface area contributed by atoms with Crippen molar-refractivity contribution in [2.45, 2.75) is 19.4 Å². The summed E-state index contributed by atoms with van der Waals surface area (Å²) >= 11 is 0. The van der Waals surface area contributed by atoms with Crippen LogP contribution >= 0.6 is 0 Å². The zero-order valence-electron chi connectivity index (χ0n) is 10.5. The standard InChI is InChI=1S/C12H12FN3O3/c1-8(5-6-14)15(2)12(17)10-4-3-9(13)7-11(10)16(18)19/h3-4,7-8H,5H2,1-2H3. The topological polar surface area (TPSA) is 87.2 Å². The zero-order chi connectivity index (χ0) is 14.6. The molecule has 1 aromatic carbocycles. The number of hydrogen-bond donors (Lipinski definition) is 0. The summed E-state index contributed by atoms with van der Waals surface area (Å²) in [6.45, 7) is 1.65. The second-order valence-electron chi connectivity index (χ2n) is 4.05. The maximum absolute atomic E-state index is 13.0. The van der Waals surface area contributed by atoms with Gasteiger partial charge in [-0.2, -0.15) is 5.26 Å². The molecule has 1 rings (SSSR count). The van der Waals surface area contributed by atoms with Crippen LogP contribution in [0.1, 0.15) is 23.7 Å². The maximum atomic E-state index is 13.0. The molecule has 100 valence electrons. The van der Waals surface area contributed by atoms with Crippen LogP contribution in [0.4, 0.5) is 10.1 Å². The first-order valence-electron chi connectivity index (χ1n) is 5.46. The number of benzene rings is 1. The van der Waals surface area contributed by atoms with Crippen molar-refractivity contribution in [3.05, 3.63) is 39.7 Å². The van der Waals surface area contributed by atoms with E-state index in [9.17, 15) is 19.3 Å². The molecule has 1 unspecified atom stereocenters. The van der Waals surface area contributed by atoms with E-state index in [1.807, 2.05) is 6.07 Å². The lowest BCUT2D eigenvalue weighted by molar-refractivity contribution is -0.385. The van der Waals surface area contributed by atoms with E-state index in [0.717, 1.165) is 12.1 Å². The van der Waals surface area contributed by atoms with E-state index in [4.69, 9.17) is 5.26 Å². The number of amides is 1. The number of carbonyl (C=O) groups excluding carboxylic acids is 1. The highest BCUT2D eigenvalue weighted by Crippen LogP contribution is 2.22. The predicted molar refractivity (Wildman–Crippen MR) is 64.8 cm³/mol. The van der Waals surface area contributed by atoms with Crippen molar-refractivity contribution in [1.82, 2.24) is 4.90 Å². The quantitative estimate of drug-likeness (QED) is 0.616.